The number of ether oxygens (including phenoxy) is 1. The highest BCUT2D eigenvalue weighted by molar-refractivity contribution is 5.94. The summed E-state index contributed by atoms with van der Waals surface area (Å²) in [5.74, 6) is 0.293. The van der Waals surface area contributed by atoms with Gasteiger partial charge in [-0.3, -0.25) is 9.59 Å². The number of aryl methyl sites for hydroxylation is 1. The first-order valence-electron chi connectivity index (χ1n) is 7.00. The van der Waals surface area contributed by atoms with Crippen LogP contribution in [-0.4, -0.2) is 18.4 Å². The second-order valence-electron chi connectivity index (χ2n) is 5.48. The maximum atomic E-state index is 11.8. The molecule has 2 aliphatic carbocycles. The average Bonchev–Trinajstić information content (AvgIpc) is 3.06. The number of esters is 1. The molecule has 3 heteroatoms. The van der Waals surface area contributed by atoms with Gasteiger partial charge >= 0.3 is 5.97 Å². The molecule has 2 aliphatic rings. The highest BCUT2D eigenvalue weighted by atomic mass is 16.5. The van der Waals surface area contributed by atoms with E-state index >= 15 is 0 Å². The minimum Gasteiger partial charge on any atom is -0.465 e. The lowest BCUT2D eigenvalue weighted by Gasteiger charge is -2.06. The molecule has 19 heavy (non-hydrogen) atoms. The molecule has 2 fully saturated rings. The van der Waals surface area contributed by atoms with Gasteiger partial charge in [-0.1, -0.05) is 30.3 Å². The SMILES string of the molecule is O=C1CCC2C1C2C(=O)OCCCc1ccccc1. The molecule has 3 unspecified atom stereocenters. The molecule has 1 aromatic carbocycles. The fourth-order valence-electron chi connectivity index (χ4n) is 3.16. The second-order valence-corrected chi connectivity index (χ2v) is 5.48. The van der Waals surface area contributed by atoms with Gasteiger partial charge in [-0.15, -0.1) is 0 Å². The van der Waals surface area contributed by atoms with Crippen LogP contribution >= 0.6 is 0 Å². The third-order valence-corrected chi connectivity index (χ3v) is 4.23. The molecule has 0 heterocycles. The molecule has 2 saturated carbocycles. The van der Waals surface area contributed by atoms with E-state index < -0.39 is 0 Å². The van der Waals surface area contributed by atoms with Gasteiger partial charge < -0.3 is 4.74 Å². The summed E-state index contributed by atoms with van der Waals surface area (Å²) >= 11 is 0. The zero-order chi connectivity index (χ0) is 13.2. The van der Waals surface area contributed by atoms with Crippen molar-refractivity contribution in [2.45, 2.75) is 25.7 Å². The largest absolute Gasteiger partial charge is 0.465 e. The molecule has 0 amide bonds. The Morgan fingerprint density at radius 1 is 1.26 bits per heavy atom. The number of carbonyl (C=O) groups is 2. The summed E-state index contributed by atoms with van der Waals surface area (Å²) in [5.41, 5.74) is 1.26. The quantitative estimate of drug-likeness (QED) is 0.601. The zero-order valence-corrected chi connectivity index (χ0v) is 10.9. The lowest BCUT2D eigenvalue weighted by atomic mass is 10.1. The predicted molar refractivity (Wildman–Crippen MR) is 70.4 cm³/mol. The van der Waals surface area contributed by atoms with Crippen LogP contribution in [0.1, 0.15) is 24.8 Å². The molecule has 0 bridgehead atoms. The van der Waals surface area contributed by atoms with Crippen LogP contribution in [0.5, 0.6) is 0 Å². The first-order chi connectivity index (χ1) is 9.27. The molecular formula is C16H18O3. The number of fused-ring (bicyclic) bond motifs is 1. The van der Waals surface area contributed by atoms with Gasteiger partial charge in [0, 0.05) is 12.3 Å². The summed E-state index contributed by atoms with van der Waals surface area (Å²) in [6, 6.07) is 10.2. The van der Waals surface area contributed by atoms with Crippen LogP contribution in [0.15, 0.2) is 30.3 Å². The summed E-state index contributed by atoms with van der Waals surface area (Å²) in [6.07, 6.45) is 3.30. The van der Waals surface area contributed by atoms with Crippen LogP contribution in [0.25, 0.3) is 0 Å². The van der Waals surface area contributed by atoms with E-state index in [0.29, 0.717) is 18.9 Å². The van der Waals surface area contributed by atoms with E-state index in [0.717, 1.165) is 19.3 Å². The van der Waals surface area contributed by atoms with Crippen molar-refractivity contribution >= 4 is 11.8 Å². The molecule has 0 radical (unpaired) electrons. The maximum Gasteiger partial charge on any atom is 0.309 e. The summed E-state index contributed by atoms with van der Waals surface area (Å²) < 4.78 is 5.28. The first kappa shape index (κ1) is 12.4. The molecule has 0 spiro atoms. The third kappa shape index (κ3) is 2.55. The maximum absolute atomic E-state index is 11.8. The lowest BCUT2D eigenvalue weighted by Crippen LogP contribution is -2.14. The molecule has 3 atom stereocenters. The summed E-state index contributed by atoms with van der Waals surface area (Å²) in [4.78, 5) is 23.2. The second kappa shape index (κ2) is 5.16. The van der Waals surface area contributed by atoms with E-state index in [9.17, 15) is 9.59 Å². The normalized spacial score (nSPS) is 28.0. The molecule has 1 aromatic rings. The summed E-state index contributed by atoms with van der Waals surface area (Å²) in [7, 11) is 0. The standard InChI is InChI=1S/C16H18O3/c17-13-9-8-12-14(13)15(12)16(18)19-10-4-7-11-5-2-1-3-6-11/h1-3,5-6,12,14-15H,4,7-10H2. The van der Waals surface area contributed by atoms with E-state index in [2.05, 4.69) is 12.1 Å². The summed E-state index contributed by atoms with van der Waals surface area (Å²) in [5, 5.41) is 0. The van der Waals surface area contributed by atoms with Crippen molar-refractivity contribution in [1.29, 1.82) is 0 Å². The number of rotatable bonds is 5. The molecule has 100 valence electrons. The molecule has 0 N–H and O–H groups in total. The Balaban J connectivity index is 1.37. The number of ketones is 1. The van der Waals surface area contributed by atoms with Crippen LogP contribution in [0.3, 0.4) is 0 Å². The van der Waals surface area contributed by atoms with E-state index in [4.69, 9.17) is 4.74 Å². The van der Waals surface area contributed by atoms with Gasteiger partial charge in [0.1, 0.15) is 5.78 Å². The van der Waals surface area contributed by atoms with Crippen molar-refractivity contribution in [3.05, 3.63) is 35.9 Å². The first-order valence-corrected chi connectivity index (χ1v) is 7.00. The van der Waals surface area contributed by atoms with Crippen LogP contribution in [-0.2, 0) is 20.7 Å². The monoisotopic (exact) mass is 258 g/mol. The number of hydrogen-bond donors (Lipinski definition) is 0. The van der Waals surface area contributed by atoms with Crippen molar-refractivity contribution in [3.8, 4) is 0 Å². The minimum atomic E-state index is -0.156. The van der Waals surface area contributed by atoms with E-state index in [1.807, 2.05) is 18.2 Å². The van der Waals surface area contributed by atoms with Crippen molar-refractivity contribution in [2.24, 2.45) is 17.8 Å². The number of Topliss-reactive ketones (excluding diaryl/α,β-unsaturated/α-hetero) is 1. The molecule has 0 aromatic heterocycles. The van der Waals surface area contributed by atoms with Gasteiger partial charge in [0.2, 0.25) is 0 Å². The highest BCUT2D eigenvalue weighted by Gasteiger charge is 2.62. The van der Waals surface area contributed by atoms with Crippen molar-refractivity contribution < 1.29 is 14.3 Å². The highest BCUT2D eigenvalue weighted by Crippen LogP contribution is 2.55. The minimum absolute atomic E-state index is 0.00150. The average molecular weight is 258 g/mol. The fourth-order valence-corrected chi connectivity index (χ4v) is 3.16. The molecule has 0 aliphatic heterocycles. The number of hydrogen-bond acceptors (Lipinski definition) is 3. The lowest BCUT2D eigenvalue weighted by molar-refractivity contribution is -0.147. The summed E-state index contributed by atoms with van der Waals surface area (Å²) in [6.45, 7) is 0.456. The van der Waals surface area contributed by atoms with Crippen LogP contribution < -0.4 is 0 Å². The third-order valence-electron chi connectivity index (χ3n) is 4.23. The number of benzene rings is 1. The molecule has 0 saturated heterocycles. The van der Waals surface area contributed by atoms with Gasteiger partial charge in [-0.25, -0.2) is 0 Å². The Bertz CT molecular complexity index is 480. The molecule has 3 rings (SSSR count). The van der Waals surface area contributed by atoms with E-state index in [1.165, 1.54) is 5.56 Å². The van der Waals surface area contributed by atoms with Crippen LogP contribution in [0.2, 0.25) is 0 Å². The Morgan fingerprint density at radius 3 is 2.74 bits per heavy atom. The molecular weight excluding hydrogens is 240 g/mol. The van der Waals surface area contributed by atoms with Crippen molar-refractivity contribution in [2.75, 3.05) is 6.61 Å². The van der Waals surface area contributed by atoms with E-state index in [-0.39, 0.29) is 23.6 Å². The van der Waals surface area contributed by atoms with Gasteiger partial charge in [-0.2, -0.15) is 0 Å². The van der Waals surface area contributed by atoms with Crippen LogP contribution in [0.4, 0.5) is 0 Å². The van der Waals surface area contributed by atoms with Crippen molar-refractivity contribution in [1.82, 2.24) is 0 Å². The molecule has 3 nitrogen and oxygen atoms in total. The Kier molecular flexibility index (Phi) is 3.36. The van der Waals surface area contributed by atoms with Gasteiger partial charge in [0.25, 0.3) is 0 Å². The smallest absolute Gasteiger partial charge is 0.309 e. The number of carbonyl (C=O) groups excluding carboxylic acids is 2. The van der Waals surface area contributed by atoms with Crippen molar-refractivity contribution in [3.63, 3.8) is 0 Å². The van der Waals surface area contributed by atoms with Gasteiger partial charge in [0.15, 0.2) is 0 Å². The fraction of sp³-hybridized carbons (Fsp3) is 0.500. The Morgan fingerprint density at radius 2 is 2.05 bits per heavy atom. The Labute approximate surface area is 113 Å². The Hall–Kier alpha value is -1.64. The van der Waals surface area contributed by atoms with Gasteiger partial charge in [0.05, 0.1) is 12.5 Å². The van der Waals surface area contributed by atoms with Crippen LogP contribution in [0, 0.1) is 17.8 Å². The topological polar surface area (TPSA) is 43.4 Å². The van der Waals surface area contributed by atoms with Gasteiger partial charge in [-0.05, 0) is 30.7 Å². The predicted octanol–water partition coefficient (Wildman–Crippen LogP) is 2.39. The van der Waals surface area contributed by atoms with E-state index in [1.54, 1.807) is 0 Å². The zero-order valence-electron chi connectivity index (χ0n) is 10.9.